The summed E-state index contributed by atoms with van der Waals surface area (Å²) in [4.78, 5) is 0.192. The number of rotatable bonds is 5. The number of halogens is 1. The number of nitrogens with zero attached hydrogens (tertiary/aromatic N) is 1. The van der Waals surface area contributed by atoms with E-state index in [0.717, 1.165) is 0 Å². The van der Waals surface area contributed by atoms with Crippen LogP contribution in [0.2, 0.25) is 5.02 Å². The fourth-order valence-corrected chi connectivity index (χ4v) is 4.39. The zero-order valence-electron chi connectivity index (χ0n) is 12.6. The molecule has 0 aliphatic carbocycles. The number of anilines is 1. The maximum Gasteiger partial charge on any atom is 0.243 e. The van der Waals surface area contributed by atoms with Crippen molar-refractivity contribution in [3.05, 3.63) is 22.7 Å². The lowest BCUT2D eigenvalue weighted by atomic mass is 10.2. The van der Waals surface area contributed by atoms with Crippen LogP contribution in [-0.4, -0.2) is 25.3 Å². The Kier molecular flexibility index (Phi) is 5.46. The topological polar surface area (TPSA) is 63.4 Å². The van der Waals surface area contributed by atoms with Crippen molar-refractivity contribution in [2.24, 2.45) is 5.92 Å². The molecule has 114 valence electrons. The summed E-state index contributed by atoms with van der Waals surface area (Å²) >= 11 is 5.96. The first-order valence-corrected chi connectivity index (χ1v) is 8.46. The number of hydrogen-bond acceptors (Lipinski definition) is 3. The van der Waals surface area contributed by atoms with Gasteiger partial charge in [0.1, 0.15) is 0 Å². The van der Waals surface area contributed by atoms with E-state index in [-0.39, 0.29) is 16.9 Å². The molecule has 6 heteroatoms. The Balaban J connectivity index is 3.41. The SMILES string of the molecule is Cc1c(N)cc(Cl)cc1S(=O)(=O)N(CC(C)C)C(C)C. The molecule has 0 heterocycles. The second kappa shape index (κ2) is 6.33. The second-order valence-corrected chi connectivity index (χ2v) is 7.98. The first kappa shape index (κ1) is 17.3. The predicted octanol–water partition coefficient (Wildman–Crippen LogP) is 3.29. The molecule has 1 aromatic rings. The van der Waals surface area contributed by atoms with Gasteiger partial charge < -0.3 is 5.73 Å². The van der Waals surface area contributed by atoms with Gasteiger partial charge in [-0.25, -0.2) is 8.42 Å². The molecule has 0 saturated carbocycles. The average molecular weight is 319 g/mol. The molecule has 0 amide bonds. The Hall–Kier alpha value is -0.780. The largest absolute Gasteiger partial charge is 0.398 e. The molecule has 0 bridgehead atoms. The summed E-state index contributed by atoms with van der Waals surface area (Å²) in [5.74, 6) is 0.240. The smallest absolute Gasteiger partial charge is 0.243 e. The lowest BCUT2D eigenvalue weighted by Crippen LogP contribution is -2.39. The molecule has 2 N–H and O–H groups in total. The molecule has 0 fully saturated rings. The standard InChI is InChI=1S/C14H23ClN2O2S/c1-9(2)8-17(10(3)4)20(18,19)14-7-12(15)6-13(16)11(14)5/h6-7,9-10H,8,16H2,1-5H3. The third kappa shape index (κ3) is 3.65. The van der Waals surface area contributed by atoms with Gasteiger partial charge in [-0.3, -0.25) is 0 Å². The molecule has 0 atom stereocenters. The molecule has 20 heavy (non-hydrogen) atoms. The summed E-state index contributed by atoms with van der Waals surface area (Å²) in [5, 5.41) is 0.333. The fraction of sp³-hybridized carbons (Fsp3) is 0.571. The molecule has 0 unspecified atom stereocenters. The Labute approximate surface area is 127 Å². The summed E-state index contributed by atoms with van der Waals surface area (Å²) in [6.07, 6.45) is 0. The molecule has 0 spiro atoms. The molecule has 1 rings (SSSR count). The summed E-state index contributed by atoms with van der Waals surface area (Å²) in [7, 11) is -3.60. The Morgan fingerprint density at radius 3 is 2.25 bits per heavy atom. The minimum absolute atomic E-state index is 0.123. The van der Waals surface area contributed by atoms with Crippen molar-refractivity contribution in [2.45, 2.75) is 45.6 Å². The quantitative estimate of drug-likeness (QED) is 0.847. The third-order valence-corrected chi connectivity index (χ3v) is 5.46. The van der Waals surface area contributed by atoms with Crippen molar-refractivity contribution in [2.75, 3.05) is 12.3 Å². The number of sulfonamides is 1. The van der Waals surface area contributed by atoms with Gasteiger partial charge in [-0.2, -0.15) is 4.31 Å². The highest BCUT2D eigenvalue weighted by Gasteiger charge is 2.29. The van der Waals surface area contributed by atoms with E-state index >= 15 is 0 Å². The minimum Gasteiger partial charge on any atom is -0.398 e. The zero-order valence-corrected chi connectivity index (χ0v) is 14.2. The van der Waals surface area contributed by atoms with Crippen molar-refractivity contribution >= 4 is 27.3 Å². The van der Waals surface area contributed by atoms with Crippen LogP contribution in [0.3, 0.4) is 0 Å². The van der Waals surface area contributed by atoms with Crippen LogP contribution in [0, 0.1) is 12.8 Å². The van der Waals surface area contributed by atoms with Crippen LogP contribution < -0.4 is 5.73 Å². The molecule has 0 radical (unpaired) electrons. The highest BCUT2D eigenvalue weighted by molar-refractivity contribution is 7.89. The van der Waals surface area contributed by atoms with E-state index in [0.29, 0.717) is 22.8 Å². The number of nitrogen functional groups attached to an aromatic ring is 1. The normalized spacial score (nSPS) is 12.7. The van der Waals surface area contributed by atoms with Crippen molar-refractivity contribution in [3.63, 3.8) is 0 Å². The van der Waals surface area contributed by atoms with Crippen LogP contribution in [-0.2, 0) is 10.0 Å². The number of hydrogen-bond donors (Lipinski definition) is 1. The molecule has 4 nitrogen and oxygen atoms in total. The molecule has 0 aliphatic heterocycles. The zero-order chi connectivity index (χ0) is 15.7. The van der Waals surface area contributed by atoms with E-state index in [2.05, 4.69) is 0 Å². The minimum atomic E-state index is -3.60. The second-order valence-electron chi connectivity index (χ2n) is 5.68. The maximum atomic E-state index is 12.8. The Morgan fingerprint density at radius 1 is 1.25 bits per heavy atom. The van der Waals surface area contributed by atoms with E-state index in [1.54, 1.807) is 13.0 Å². The first-order chi connectivity index (χ1) is 9.07. The van der Waals surface area contributed by atoms with Gasteiger partial charge in [-0.05, 0) is 44.4 Å². The van der Waals surface area contributed by atoms with Gasteiger partial charge in [-0.15, -0.1) is 0 Å². The summed E-state index contributed by atoms with van der Waals surface area (Å²) in [6, 6.07) is 2.91. The van der Waals surface area contributed by atoms with Gasteiger partial charge >= 0.3 is 0 Å². The van der Waals surface area contributed by atoms with E-state index in [9.17, 15) is 8.42 Å². The molecular weight excluding hydrogens is 296 g/mol. The van der Waals surface area contributed by atoms with E-state index in [1.807, 2.05) is 27.7 Å². The van der Waals surface area contributed by atoms with Crippen LogP contribution in [0.25, 0.3) is 0 Å². The Morgan fingerprint density at radius 2 is 1.80 bits per heavy atom. The van der Waals surface area contributed by atoms with Crippen LogP contribution in [0.1, 0.15) is 33.3 Å². The van der Waals surface area contributed by atoms with Gasteiger partial charge in [0.15, 0.2) is 0 Å². The lowest BCUT2D eigenvalue weighted by molar-refractivity contribution is 0.319. The first-order valence-electron chi connectivity index (χ1n) is 6.64. The molecule has 0 aromatic heterocycles. The van der Waals surface area contributed by atoms with Crippen molar-refractivity contribution in [3.8, 4) is 0 Å². The van der Waals surface area contributed by atoms with E-state index in [1.165, 1.54) is 10.4 Å². The summed E-state index contributed by atoms with van der Waals surface area (Å²) in [6.45, 7) is 9.87. The predicted molar refractivity (Wildman–Crippen MR) is 84.5 cm³/mol. The van der Waals surface area contributed by atoms with Gasteiger partial charge in [0.2, 0.25) is 10.0 Å². The summed E-state index contributed by atoms with van der Waals surface area (Å²) < 4.78 is 27.2. The van der Waals surface area contributed by atoms with Gasteiger partial charge in [0, 0.05) is 23.3 Å². The molecule has 0 aliphatic rings. The highest BCUT2D eigenvalue weighted by Crippen LogP contribution is 2.29. The van der Waals surface area contributed by atoms with E-state index < -0.39 is 10.0 Å². The van der Waals surface area contributed by atoms with E-state index in [4.69, 9.17) is 17.3 Å². The van der Waals surface area contributed by atoms with Crippen molar-refractivity contribution in [1.29, 1.82) is 0 Å². The third-order valence-electron chi connectivity index (χ3n) is 3.07. The Bertz CT molecular complexity index is 583. The monoisotopic (exact) mass is 318 g/mol. The average Bonchev–Trinajstić information content (AvgIpc) is 2.29. The molecular formula is C14H23ClN2O2S. The van der Waals surface area contributed by atoms with Gasteiger partial charge in [0.25, 0.3) is 0 Å². The van der Waals surface area contributed by atoms with Gasteiger partial charge in [-0.1, -0.05) is 25.4 Å². The highest BCUT2D eigenvalue weighted by atomic mass is 35.5. The van der Waals surface area contributed by atoms with Crippen LogP contribution in [0.15, 0.2) is 17.0 Å². The fourth-order valence-electron chi connectivity index (χ4n) is 2.01. The van der Waals surface area contributed by atoms with Crippen LogP contribution in [0.5, 0.6) is 0 Å². The maximum absolute atomic E-state index is 12.8. The molecule has 1 aromatic carbocycles. The van der Waals surface area contributed by atoms with Crippen LogP contribution in [0.4, 0.5) is 5.69 Å². The lowest BCUT2D eigenvalue weighted by Gasteiger charge is -2.28. The van der Waals surface area contributed by atoms with Gasteiger partial charge in [0.05, 0.1) is 4.90 Å². The molecule has 0 saturated heterocycles. The summed E-state index contributed by atoms with van der Waals surface area (Å²) in [5.41, 5.74) is 6.77. The van der Waals surface area contributed by atoms with Crippen LogP contribution >= 0.6 is 11.6 Å². The van der Waals surface area contributed by atoms with Crippen molar-refractivity contribution < 1.29 is 8.42 Å². The van der Waals surface area contributed by atoms with Crippen molar-refractivity contribution in [1.82, 2.24) is 4.31 Å². The number of benzene rings is 1. The number of nitrogens with two attached hydrogens (primary N) is 1.